The van der Waals surface area contributed by atoms with Gasteiger partial charge in [-0.25, -0.2) is 0 Å². The lowest BCUT2D eigenvalue weighted by Gasteiger charge is -2.25. The van der Waals surface area contributed by atoms with E-state index in [1.807, 2.05) is 70.2 Å². The molecule has 0 unspecified atom stereocenters. The molecule has 0 saturated carbocycles. The molecule has 0 heterocycles. The van der Waals surface area contributed by atoms with Crippen LogP contribution in [0.25, 0.3) is 6.08 Å². The fraction of sp³-hybridized carbons (Fsp3) is 0.400. The molecule has 228 valence electrons. The number of benzene rings is 3. The Kier molecular flexibility index (Phi) is 17.0. The highest BCUT2D eigenvalue weighted by Gasteiger charge is 2.20. The summed E-state index contributed by atoms with van der Waals surface area (Å²) in [6, 6.07) is 22.8. The van der Waals surface area contributed by atoms with Crippen molar-refractivity contribution < 1.29 is 9.47 Å². The van der Waals surface area contributed by atoms with Gasteiger partial charge < -0.3 is 9.47 Å². The van der Waals surface area contributed by atoms with Gasteiger partial charge in [0.1, 0.15) is 24.7 Å². The quantitative estimate of drug-likeness (QED) is 0.160. The van der Waals surface area contributed by atoms with Gasteiger partial charge in [0.05, 0.1) is 0 Å². The zero-order valence-corrected chi connectivity index (χ0v) is 28.1. The van der Waals surface area contributed by atoms with Gasteiger partial charge in [0.2, 0.25) is 0 Å². The first-order chi connectivity index (χ1) is 20.2. The maximum atomic E-state index is 6.29. The molecule has 0 saturated heterocycles. The van der Waals surface area contributed by atoms with Gasteiger partial charge in [-0.05, 0) is 84.0 Å². The zero-order valence-electron chi connectivity index (χ0n) is 28.1. The minimum atomic E-state index is 0.0809. The number of hydrogen-bond donors (Lipinski definition) is 0. The van der Waals surface area contributed by atoms with Crippen LogP contribution in [-0.2, 0) is 18.4 Å². The highest BCUT2D eigenvalue weighted by atomic mass is 16.5. The van der Waals surface area contributed by atoms with Crippen LogP contribution in [-0.4, -0.2) is 6.61 Å². The summed E-state index contributed by atoms with van der Waals surface area (Å²) >= 11 is 0. The molecule has 0 amide bonds. The first kappa shape index (κ1) is 36.5. The second-order valence-corrected chi connectivity index (χ2v) is 11.1. The molecule has 2 nitrogen and oxygen atoms in total. The van der Waals surface area contributed by atoms with Crippen molar-refractivity contribution in [1.29, 1.82) is 0 Å². The van der Waals surface area contributed by atoms with Crippen LogP contribution in [0.5, 0.6) is 11.5 Å². The summed E-state index contributed by atoms with van der Waals surface area (Å²) in [6.45, 7) is 26.5. The van der Waals surface area contributed by atoms with E-state index in [2.05, 4.69) is 90.6 Å². The van der Waals surface area contributed by atoms with Gasteiger partial charge in [0, 0.05) is 6.07 Å². The van der Waals surface area contributed by atoms with Crippen LogP contribution in [0.15, 0.2) is 96.6 Å². The summed E-state index contributed by atoms with van der Waals surface area (Å²) in [7, 11) is 0. The molecular weight excluding hydrogens is 512 g/mol. The third-order valence-corrected chi connectivity index (χ3v) is 6.71. The average molecular weight is 569 g/mol. The molecule has 3 aromatic carbocycles. The Hall–Kier alpha value is -3.52. The standard InChI is InChI=1S/C36H44O2.2C2H6/c1-8-13-27(2)21-23-34-31(16-11-19-35(34)36(5,6)7)26-38-33-18-12-17-32(24-33)37-25-28(3)20-22-30-15-10-9-14-29(30)4;2*1-2/h9-20,22,24H,3,8,21,23,25-26H2,1-2,4-7H3;2*1-2H3/b22-20-,27-13-;;. The molecule has 3 aromatic rings. The summed E-state index contributed by atoms with van der Waals surface area (Å²) < 4.78 is 12.3. The maximum absolute atomic E-state index is 6.29. The highest BCUT2D eigenvalue weighted by Crippen LogP contribution is 2.31. The van der Waals surface area contributed by atoms with Gasteiger partial charge >= 0.3 is 0 Å². The van der Waals surface area contributed by atoms with E-state index < -0.39 is 0 Å². The second kappa shape index (κ2) is 19.6. The van der Waals surface area contributed by atoms with Crippen LogP contribution in [0.4, 0.5) is 0 Å². The third kappa shape index (κ3) is 12.6. The molecule has 0 aromatic heterocycles. The Balaban J connectivity index is 0.00000211. The van der Waals surface area contributed by atoms with E-state index in [1.54, 1.807) is 0 Å². The first-order valence-electron chi connectivity index (χ1n) is 15.7. The van der Waals surface area contributed by atoms with E-state index in [0.717, 1.165) is 36.3 Å². The van der Waals surface area contributed by atoms with Crippen molar-refractivity contribution in [2.45, 2.75) is 101 Å². The number of aryl methyl sites for hydroxylation is 1. The smallest absolute Gasteiger partial charge is 0.123 e. The van der Waals surface area contributed by atoms with E-state index in [-0.39, 0.29) is 5.41 Å². The van der Waals surface area contributed by atoms with Crippen molar-refractivity contribution in [2.75, 3.05) is 6.61 Å². The molecule has 0 atom stereocenters. The van der Waals surface area contributed by atoms with Gasteiger partial charge in [0.25, 0.3) is 0 Å². The van der Waals surface area contributed by atoms with Crippen LogP contribution in [0.3, 0.4) is 0 Å². The second-order valence-electron chi connectivity index (χ2n) is 11.1. The Morgan fingerprint density at radius 2 is 1.50 bits per heavy atom. The molecule has 0 aliphatic heterocycles. The first-order valence-corrected chi connectivity index (χ1v) is 15.7. The van der Waals surface area contributed by atoms with Gasteiger partial charge in [-0.1, -0.05) is 134 Å². The molecule has 0 spiro atoms. The predicted molar refractivity (Wildman–Crippen MR) is 186 cm³/mol. The molecule has 42 heavy (non-hydrogen) atoms. The van der Waals surface area contributed by atoms with Gasteiger partial charge in [-0.3, -0.25) is 0 Å². The summed E-state index contributed by atoms with van der Waals surface area (Å²) in [6.07, 6.45) is 9.61. The topological polar surface area (TPSA) is 18.5 Å². The fourth-order valence-corrected chi connectivity index (χ4v) is 4.56. The Morgan fingerprint density at radius 1 is 0.857 bits per heavy atom. The number of rotatable bonds is 12. The molecule has 0 radical (unpaired) electrons. The predicted octanol–water partition coefficient (Wildman–Crippen LogP) is 11.9. The third-order valence-electron chi connectivity index (χ3n) is 6.71. The van der Waals surface area contributed by atoms with Crippen molar-refractivity contribution >= 4 is 6.08 Å². The van der Waals surface area contributed by atoms with E-state index >= 15 is 0 Å². The monoisotopic (exact) mass is 568 g/mol. The molecule has 2 heteroatoms. The summed E-state index contributed by atoms with van der Waals surface area (Å²) in [5.41, 5.74) is 8.94. The molecule has 0 aliphatic carbocycles. The molecule has 0 aliphatic rings. The highest BCUT2D eigenvalue weighted by molar-refractivity contribution is 5.56. The van der Waals surface area contributed by atoms with E-state index in [4.69, 9.17) is 9.47 Å². The van der Waals surface area contributed by atoms with Crippen molar-refractivity contribution in [3.63, 3.8) is 0 Å². The number of ether oxygens (including phenoxy) is 2. The van der Waals surface area contributed by atoms with Crippen LogP contribution in [0, 0.1) is 6.92 Å². The summed E-state index contributed by atoms with van der Waals surface area (Å²) in [5, 5.41) is 0. The van der Waals surface area contributed by atoms with Crippen LogP contribution in [0.2, 0.25) is 0 Å². The SMILES string of the molecule is C=C(/C=C\c1ccccc1C)COc1cccc(OCc2cccc(C(C)(C)C)c2CC/C(C)=C\CC)c1.CC.CC. The lowest BCUT2D eigenvalue weighted by atomic mass is 9.80. The Bertz CT molecular complexity index is 1270. The minimum Gasteiger partial charge on any atom is -0.489 e. The molecule has 0 bridgehead atoms. The van der Waals surface area contributed by atoms with Crippen molar-refractivity contribution in [3.05, 3.63) is 124 Å². The maximum Gasteiger partial charge on any atom is 0.123 e. The molecule has 3 rings (SSSR count). The van der Waals surface area contributed by atoms with Gasteiger partial charge in [0.15, 0.2) is 0 Å². The minimum absolute atomic E-state index is 0.0809. The van der Waals surface area contributed by atoms with Gasteiger partial charge in [-0.2, -0.15) is 0 Å². The lowest BCUT2D eigenvalue weighted by molar-refractivity contribution is 0.299. The van der Waals surface area contributed by atoms with Crippen LogP contribution in [0.1, 0.15) is 103 Å². The van der Waals surface area contributed by atoms with Gasteiger partial charge in [-0.15, -0.1) is 0 Å². The number of allylic oxidation sites excluding steroid dienone is 2. The number of hydrogen-bond acceptors (Lipinski definition) is 2. The lowest BCUT2D eigenvalue weighted by Crippen LogP contribution is -2.16. The van der Waals surface area contributed by atoms with E-state index in [1.165, 1.54) is 33.4 Å². The molecule has 0 N–H and O–H groups in total. The van der Waals surface area contributed by atoms with Crippen LogP contribution < -0.4 is 9.47 Å². The normalized spacial score (nSPS) is 11.2. The zero-order chi connectivity index (χ0) is 31.5. The Labute approximate surface area is 258 Å². The largest absolute Gasteiger partial charge is 0.489 e. The Morgan fingerprint density at radius 3 is 2.14 bits per heavy atom. The van der Waals surface area contributed by atoms with Crippen molar-refractivity contribution in [1.82, 2.24) is 0 Å². The van der Waals surface area contributed by atoms with Crippen LogP contribution >= 0.6 is 0 Å². The molecular formula is C40H56O2. The fourth-order valence-electron chi connectivity index (χ4n) is 4.56. The van der Waals surface area contributed by atoms with E-state index in [0.29, 0.717) is 13.2 Å². The van der Waals surface area contributed by atoms with Crippen molar-refractivity contribution in [3.8, 4) is 11.5 Å². The summed E-state index contributed by atoms with van der Waals surface area (Å²) in [5.74, 6) is 1.58. The molecule has 0 fully saturated rings. The summed E-state index contributed by atoms with van der Waals surface area (Å²) in [4.78, 5) is 0. The van der Waals surface area contributed by atoms with Crippen molar-refractivity contribution in [2.24, 2.45) is 0 Å². The average Bonchev–Trinajstić information content (AvgIpc) is 2.99. The van der Waals surface area contributed by atoms with E-state index in [9.17, 15) is 0 Å².